The smallest absolute Gasteiger partial charge is 0.156 e. The lowest BCUT2D eigenvalue weighted by Gasteiger charge is -2.06. The molecule has 0 rings (SSSR count). The molecule has 0 fully saturated rings. The average molecular weight is 280 g/mol. The standard InChI is InChI=1S/C10H17IO/c1-3-4-5-9(2)8-10(12)6-7-11/h6-7,9H,3-5,8H2,1-2H3/b7-6+/t9-/m0/s1. The molecule has 0 aliphatic rings. The van der Waals surface area contributed by atoms with Crippen molar-refractivity contribution in [2.45, 2.75) is 39.5 Å². The monoisotopic (exact) mass is 280 g/mol. The van der Waals surface area contributed by atoms with Crippen LogP contribution in [0.25, 0.3) is 0 Å². The van der Waals surface area contributed by atoms with Gasteiger partial charge in [0.05, 0.1) is 0 Å². The highest BCUT2D eigenvalue weighted by Gasteiger charge is 2.05. The highest BCUT2D eigenvalue weighted by molar-refractivity contribution is 14.1. The van der Waals surface area contributed by atoms with Crippen LogP contribution in [-0.2, 0) is 4.79 Å². The summed E-state index contributed by atoms with van der Waals surface area (Å²) in [5.74, 6) is 0.804. The Morgan fingerprint density at radius 3 is 2.75 bits per heavy atom. The van der Waals surface area contributed by atoms with Crippen LogP contribution in [-0.4, -0.2) is 5.78 Å². The molecular weight excluding hydrogens is 263 g/mol. The fourth-order valence-corrected chi connectivity index (χ4v) is 1.54. The molecule has 0 N–H and O–H groups in total. The van der Waals surface area contributed by atoms with E-state index in [1.165, 1.54) is 19.3 Å². The molecule has 0 aromatic heterocycles. The molecule has 12 heavy (non-hydrogen) atoms. The Morgan fingerprint density at radius 1 is 1.58 bits per heavy atom. The molecule has 0 aliphatic heterocycles. The zero-order chi connectivity index (χ0) is 9.40. The lowest BCUT2D eigenvalue weighted by Crippen LogP contribution is -2.02. The normalized spacial score (nSPS) is 13.6. The van der Waals surface area contributed by atoms with Crippen LogP contribution >= 0.6 is 22.6 Å². The quantitative estimate of drug-likeness (QED) is 0.535. The number of rotatable bonds is 6. The molecule has 2 heteroatoms. The molecule has 0 aliphatic carbocycles. The van der Waals surface area contributed by atoms with Gasteiger partial charge in [-0.15, -0.1) is 0 Å². The largest absolute Gasteiger partial charge is 0.295 e. The van der Waals surface area contributed by atoms with Gasteiger partial charge in [-0.2, -0.15) is 0 Å². The maximum Gasteiger partial charge on any atom is 0.156 e. The highest BCUT2D eigenvalue weighted by atomic mass is 127. The van der Waals surface area contributed by atoms with E-state index in [0.29, 0.717) is 12.3 Å². The fraction of sp³-hybridized carbons (Fsp3) is 0.700. The van der Waals surface area contributed by atoms with Crippen molar-refractivity contribution in [3.8, 4) is 0 Å². The molecule has 0 amide bonds. The van der Waals surface area contributed by atoms with Crippen molar-refractivity contribution in [3.63, 3.8) is 0 Å². The average Bonchev–Trinajstić information content (AvgIpc) is 2.01. The molecule has 0 aromatic carbocycles. The molecular formula is C10H17IO. The van der Waals surface area contributed by atoms with Gasteiger partial charge in [0.15, 0.2) is 5.78 Å². The van der Waals surface area contributed by atoms with E-state index in [4.69, 9.17) is 0 Å². The second-order valence-corrected chi connectivity index (χ2v) is 3.93. The van der Waals surface area contributed by atoms with E-state index in [-0.39, 0.29) is 5.78 Å². The van der Waals surface area contributed by atoms with Crippen molar-refractivity contribution in [3.05, 3.63) is 10.2 Å². The Hall–Kier alpha value is 0.140. The number of allylic oxidation sites excluding steroid dienone is 1. The molecule has 0 saturated carbocycles. The number of carbonyl (C=O) groups is 1. The van der Waals surface area contributed by atoms with Gasteiger partial charge in [-0.1, -0.05) is 55.7 Å². The van der Waals surface area contributed by atoms with Crippen LogP contribution < -0.4 is 0 Å². The van der Waals surface area contributed by atoms with Gasteiger partial charge in [-0.05, 0) is 16.1 Å². The van der Waals surface area contributed by atoms with Crippen LogP contribution in [0.2, 0.25) is 0 Å². The first kappa shape index (κ1) is 12.1. The number of ketones is 1. The molecule has 0 radical (unpaired) electrons. The first-order valence-electron chi connectivity index (χ1n) is 4.50. The van der Waals surface area contributed by atoms with Crippen LogP contribution in [0.15, 0.2) is 10.2 Å². The van der Waals surface area contributed by atoms with E-state index in [0.717, 1.165) is 0 Å². The van der Waals surface area contributed by atoms with Gasteiger partial charge in [0.2, 0.25) is 0 Å². The van der Waals surface area contributed by atoms with Crippen LogP contribution in [0.1, 0.15) is 39.5 Å². The molecule has 0 bridgehead atoms. The summed E-state index contributed by atoms with van der Waals surface area (Å²) in [5.41, 5.74) is 0. The van der Waals surface area contributed by atoms with Crippen molar-refractivity contribution in [2.24, 2.45) is 5.92 Å². The van der Waals surface area contributed by atoms with E-state index >= 15 is 0 Å². The summed E-state index contributed by atoms with van der Waals surface area (Å²) >= 11 is 2.08. The summed E-state index contributed by atoms with van der Waals surface area (Å²) in [7, 11) is 0. The van der Waals surface area contributed by atoms with Crippen molar-refractivity contribution < 1.29 is 4.79 Å². The molecule has 0 heterocycles. The van der Waals surface area contributed by atoms with Crippen LogP contribution in [0.3, 0.4) is 0 Å². The maximum atomic E-state index is 11.1. The molecule has 0 aromatic rings. The van der Waals surface area contributed by atoms with E-state index in [2.05, 4.69) is 36.4 Å². The van der Waals surface area contributed by atoms with Crippen molar-refractivity contribution >= 4 is 28.4 Å². The first-order chi connectivity index (χ1) is 5.70. The van der Waals surface area contributed by atoms with Gasteiger partial charge < -0.3 is 0 Å². The topological polar surface area (TPSA) is 17.1 Å². The minimum atomic E-state index is 0.257. The zero-order valence-corrected chi connectivity index (χ0v) is 10.0. The summed E-state index contributed by atoms with van der Waals surface area (Å²) in [6.45, 7) is 4.33. The van der Waals surface area contributed by atoms with E-state index in [9.17, 15) is 4.79 Å². The van der Waals surface area contributed by atoms with E-state index < -0.39 is 0 Å². The van der Waals surface area contributed by atoms with Crippen molar-refractivity contribution in [1.82, 2.24) is 0 Å². The van der Waals surface area contributed by atoms with Crippen LogP contribution in [0.5, 0.6) is 0 Å². The van der Waals surface area contributed by atoms with Gasteiger partial charge in [0.25, 0.3) is 0 Å². The Bertz CT molecular complexity index is 152. The summed E-state index contributed by atoms with van der Waals surface area (Å²) < 4.78 is 1.78. The third-order valence-electron chi connectivity index (χ3n) is 1.85. The molecule has 1 atom stereocenters. The Labute approximate surface area is 88.8 Å². The van der Waals surface area contributed by atoms with E-state index in [1.54, 1.807) is 10.2 Å². The second kappa shape index (κ2) is 7.77. The minimum absolute atomic E-state index is 0.257. The predicted molar refractivity (Wildman–Crippen MR) is 61.5 cm³/mol. The Balaban J connectivity index is 3.53. The Morgan fingerprint density at radius 2 is 2.25 bits per heavy atom. The summed E-state index contributed by atoms with van der Waals surface area (Å²) in [6, 6.07) is 0. The zero-order valence-electron chi connectivity index (χ0n) is 7.85. The van der Waals surface area contributed by atoms with Gasteiger partial charge in [0, 0.05) is 6.42 Å². The lowest BCUT2D eigenvalue weighted by atomic mass is 9.98. The fourth-order valence-electron chi connectivity index (χ4n) is 1.14. The molecule has 0 spiro atoms. The summed E-state index contributed by atoms with van der Waals surface area (Å²) in [4.78, 5) is 11.1. The molecule has 1 nitrogen and oxygen atoms in total. The second-order valence-electron chi connectivity index (χ2n) is 3.21. The van der Waals surface area contributed by atoms with Crippen LogP contribution in [0, 0.1) is 5.92 Å². The van der Waals surface area contributed by atoms with Gasteiger partial charge in [0.1, 0.15) is 0 Å². The summed E-state index contributed by atoms with van der Waals surface area (Å²) in [6.07, 6.45) is 6.00. The molecule has 0 saturated heterocycles. The van der Waals surface area contributed by atoms with Gasteiger partial charge in [-0.3, -0.25) is 4.79 Å². The minimum Gasteiger partial charge on any atom is -0.295 e. The first-order valence-corrected chi connectivity index (χ1v) is 5.74. The SMILES string of the molecule is CCCC[C@H](C)CC(=O)/C=C/I. The third kappa shape index (κ3) is 6.83. The maximum absolute atomic E-state index is 11.1. The van der Waals surface area contributed by atoms with E-state index in [1.807, 2.05) is 0 Å². The van der Waals surface area contributed by atoms with Crippen LogP contribution in [0.4, 0.5) is 0 Å². The third-order valence-corrected chi connectivity index (χ3v) is 2.21. The number of carbonyl (C=O) groups excluding carboxylic acids is 1. The van der Waals surface area contributed by atoms with Crippen molar-refractivity contribution in [2.75, 3.05) is 0 Å². The summed E-state index contributed by atoms with van der Waals surface area (Å²) in [5, 5.41) is 0. The molecule has 70 valence electrons. The number of unbranched alkanes of at least 4 members (excludes halogenated alkanes) is 1. The van der Waals surface area contributed by atoms with Gasteiger partial charge in [-0.25, -0.2) is 0 Å². The number of hydrogen-bond donors (Lipinski definition) is 0. The van der Waals surface area contributed by atoms with Gasteiger partial charge >= 0.3 is 0 Å². The predicted octanol–water partition coefficient (Wildman–Crippen LogP) is 3.72. The highest BCUT2D eigenvalue weighted by Crippen LogP contribution is 2.12. The Kier molecular flexibility index (Phi) is 7.86. The number of halogens is 1. The lowest BCUT2D eigenvalue weighted by molar-refractivity contribution is -0.115. The van der Waals surface area contributed by atoms with Crippen molar-refractivity contribution in [1.29, 1.82) is 0 Å². The number of hydrogen-bond acceptors (Lipinski definition) is 1. The molecule has 0 unspecified atom stereocenters.